The normalized spacial score (nSPS) is 13.9. The van der Waals surface area contributed by atoms with Crippen molar-refractivity contribution in [3.05, 3.63) is 33.8 Å². The van der Waals surface area contributed by atoms with E-state index in [0.29, 0.717) is 10.6 Å². The Kier molecular flexibility index (Phi) is 4.59. The van der Waals surface area contributed by atoms with Crippen LogP contribution in [-0.2, 0) is 15.0 Å². The highest BCUT2D eigenvalue weighted by Gasteiger charge is 2.37. The molecule has 18 heavy (non-hydrogen) atoms. The molecule has 0 aliphatic rings. The Bertz CT molecular complexity index is 487. The van der Waals surface area contributed by atoms with E-state index in [9.17, 15) is 14.7 Å². The lowest BCUT2D eigenvalue weighted by atomic mass is 9.78. The van der Waals surface area contributed by atoms with E-state index in [0.717, 1.165) is 0 Å². The molecule has 0 bridgehead atoms. The molecule has 1 atom stereocenters. The van der Waals surface area contributed by atoms with Crippen LogP contribution in [0, 0.1) is 0 Å². The Hall–Kier alpha value is -1.26. The summed E-state index contributed by atoms with van der Waals surface area (Å²) in [6.45, 7) is 1.45. The molecule has 4 nitrogen and oxygen atoms in total. The number of halogens is 2. The van der Waals surface area contributed by atoms with Gasteiger partial charge in [0.15, 0.2) is 0 Å². The summed E-state index contributed by atoms with van der Waals surface area (Å²) in [7, 11) is 0. The molecule has 0 saturated heterocycles. The molecule has 0 aromatic heterocycles. The van der Waals surface area contributed by atoms with Crippen molar-refractivity contribution in [1.29, 1.82) is 0 Å². The smallest absolute Gasteiger partial charge is 0.313 e. The summed E-state index contributed by atoms with van der Waals surface area (Å²) in [5.74, 6) is -2.17. The largest absolute Gasteiger partial charge is 0.481 e. The van der Waals surface area contributed by atoms with E-state index in [4.69, 9.17) is 28.3 Å². The maximum Gasteiger partial charge on any atom is 0.313 e. The van der Waals surface area contributed by atoms with Gasteiger partial charge in [-0.2, -0.15) is 0 Å². The average molecular weight is 291 g/mol. The van der Waals surface area contributed by atoms with Gasteiger partial charge >= 0.3 is 11.9 Å². The number of carboxylic acids is 2. The van der Waals surface area contributed by atoms with Crippen LogP contribution in [0.25, 0.3) is 0 Å². The molecule has 0 radical (unpaired) electrons. The van der Waals surface area contributed by atoms with E-state index in [1.807, 2.05) is 0 Å². The van der Waals surface area contributed by atoms with E-state index in [1.165, 1.54) is 25.1 Å². The molecule has 0 amide bonds. The van der Waals surface area contributed by atoms with Crippen molar-refractivity contribution < 1.29 is 19.8 Å². The second-order valence-corrected chi connectivity index (χ2v) is 5.00. The summed E-state index contributed by atoms with van der Waals surface area (Å²) in [5.41, 5.74) is -0.984. The minimum Gasteiger partial charge on any atom is -0.481 e. The molecule has 0 aliphatic carbocycles. The lowest BCUT2D eigenvalue weighted by molar-refractivity contribution is -0.144. The summed E-state index contributed by atoms with van der Waals surface area (Å²) in [6, 6.07) is 4.49. The van der Waals surface area contributed by atoms with E-state index >= 15 is 0 Å². The van der Waals surface area contributed by atoms with E-state index in [2.05, 4.69) is 0 Å². The van der Waals surface area contributed by atoms with Gasteiger partial charge in [-0.25, -0.2) is 0 Å². The molecular formula is C12H12Cl2O4. The minimum absolute atomic E-state index is 0.0426. The standard InChI is InChI=1S/C12H12Cl2O4/c1-12(11(17)18,5-4-10(15)16)8-3-2-7(13)6-9(8)14/h2-3,6H,4-5H2,1H3,(H,15,16)(H,17,18). The quantitative estimate of drug-likeness (QED) is 0.873. The molecule has 6 heteroatoms. The van der Waals surface area contributed by atoms with Gasteiger partial charge < -0.3 is 10.2 Å². The molecule has 1 aromatic carbocycles. The fraction of sp³-hybridized carbons (Fsp3) is 0.333. The van der Waals surface area contributed by atoms with Crippen LogP contribution in [0.3, 0.4) is 0 Å². The number of rotatable bonds is 5. The van der Waals surface area contributed by atoms with Crippen molar-refractivity contribution in [1.82, 2.24) is 0 Å². The Morgan fingerprint density at radius 1 is 1.28 bits per heavy atom. The van der Waals surface area contributed by atoms with Crippen molar-refractivity contribution in [3.63, 3.8) is 0 Å². The molecule has 1 rings (SSSR count). The van der Waals surface area contributed by atoms with Crippen LogP contribution in [0.5, 0.6) is 0 Å². The third-order valence-corrected chi connectivity index (χ3v) is 3.38. The third kappa shape index (κ3) is 3.15. The number of benzene rings is 1. The van der Waals surface area contributed by atoms with Gasteiger partial charge in [0.2, 0.25) is 0 Å². The summed E-state index contributed by atoms with van der Waals surface area (Å²) in [4.78, 5) is 22.0. The first kappa shape index (κ1) is 14.8. The maximum atomic E-state index is 11.4. The topological polar surface area (TPSA) is 74.6 Å². The summed E-state index contributed by atoms with van der Waals surface area (Å²) in [6.07, 6.45) is -0.291. The van der Waals surface area contributed by atoms with Crippen molar-refractivity contribution in [2.75, 3.05) is 0 Å². The van der Waals surface area contributed by atoms with Gasteiger partial charge in [0.25, 0.3) is 0 Å². The Morgan fingerprint density at radius 3 is 2.33 bits per heavy atom. The van der Waals surface area contributed by atoms with Crippen LogP contribution in [-0.4, -0.2) is 22.2 Å². The fourth-order valence-corrected chi connectivity index (χ4v) is 2.27. The Balaban J connectivity index is 3.18. The lowest BCUT2D eigenvalue weighted by Gasteiger charge is -2.25. The van der Waals surface area contributed by atoms with Gasteiger partial charge in [0.1, 0.15) is 0 Å². The van der Waals surface area contributed by atoms with Gasteiger partial charge in [-0.1, -0.05) is 29.3 Å². The highest BCUT2D eigenvalue weighted by Crippen LogP contribution is 2.35. The molecule has 0 fully saturated rings. The first-order valence-corrected chi connectivity index (χ1v) is 5.93. The summed E-state index contributed by atoms with van der Waals surface area (Å²) >= 11 is 11.7. The van der Waals surface area contributed by atoms with E-state index < -0.39 is 17.4 Å². The molecule has 0 spiro atoms. The van der Waals surface area contributed by atoms with E-state index in [-0.39, 0.29) is 17.9 Å². The monoisotopic (exact) mass is 290 g/mol. The van der Waals surface area contributed by atoms with Gasteiger partial charge in [-0.15, -0.1) is 0 Å². The first-order valence-electron chi connectivity index (χ1n) is 5.18. The van der Waals surface area contributed by atoms with Gasteiger partial charge in [-0.3, -0.25) is 9.59 Å². The molecule has 1 unspecified atom stereocenters. The Morgan fingerprint density at radius 2 is 1.89 bits per heavy atom. The molecule has 0 heterocycles. The van der Waals surface area contributed by atoms with Crippen LogP contribution in [0.4, 0.5) is 0 Å². The van der Waals surface area contributed by atoms with Gasteiger partial charge in [0, 0.05) is 16.5 Å². The van der Waals surface area contributed by atoms with Crippen molar-refractivity contribution >= 4 is 35.1 Å². The molecule has 98 valence electrons. The number of carbonyl (C=O) groups is 2. The molecule has 1 aromatic rings. The summed E-state index contributed by atoms with van der Waals surface area (Å²) < 4.78 is 0. The van der Waals surface area contributed by atoms with Crippen LogP contribution in [0.15, 0.2) is 18.2 Å². The first-order chi connectivity index (χ1) is 8.27. The van der Waals surface area contributed by atoms with Crippen molar-refractivity contribution in [2.45, 2.75) is 25.2 Å². The zero-order valence-electron chi connectivity index (χ0n) is 9.61. The van der Waals surface area contributed by atoms with Gasteiger partial charge in [0.05, 0.1) is 5.41 Å². The van der Waals surface area contributed by atoms with E-state index in [1.54, 1.807) is 0 Å². The minimum atomic E-state index is -1.35. The van der Waals surface area contributed by atoms with Crippen molar-refractivity contribution in [3.8, 4) is 0 Å². The molecule has 2 N–H and O–H groups in total. The fourth-order valence-electron chi connectivity index (χ4n) is 1.65. The summed E-state index contributed by atoms with van der Waals surface area (Å²) in [5, 5.41) is 18.6. The Labute approximate surface area is 114 Å². The highest BCUT2D eigenvalue weighted by atomic mass is 35.5. The second kappa shape index (κ2) is 5.59. The lowest BCUT2D eigenvalue weighted by Crippen LogP contribution is -2.33. The number of aliphatic carboxylic acids is 2. The third-order valence-electron chi connectivity index (χ3n) is 2.84. The zero-order chi connectivity index (χ0) is 13.9. The predicted molar refractivity (Wildman–Crippen MR) is 68.3 cm³/mol. The van der Waals surface area contributed by atoms with Gasteiger partial charge in [-0.05, 0) is 31.0 Å². The maximum absolute atomic E-state index is 11.4. The highest BCUT2D eigenvalue weighted by molar-refractivity contribution is 6.35. The molecule has 0 saturated carbocycles. The number of carboxylic acid groups (broad SMARTS) is 2. The number of hydrogen-bond acceptors (Lipinski definition) is 2. The van der Waals surface area contributed by atoms with Crippen LogP contribution in [0.2, 0.25) is 10.0 Å². The van der Waals surface area contributed by atoms with Crippen LogP contribution >= 0.6 is 23.2 Å². The average Bonchev–Trinajstić information content (AvgIpc) is 2.25. The second-order valence-electron chi connectivity index (χ2n) is 4.16. The van der Waals surface area contributed by atoms with Crippen LogP contribution in [0.1, 0.15) is 25.3 Å². The molecular weight excluding hydrogens is 279 g/mol. The molecule has 0 aliphatic heterocycles. The predicted octanol–water partition coefficient (Wildman–Crippen LogP) is 3.20. The SMILES string of the molecule is CC(CCC(=O)O)(C(=O)O)c1ccc(Cl)cc1Cl. The zero-order valence-corrected chi connectivity index (χ0v) is 11.1. The number of hydrogen-bond donors (Lipinski definition) is 2. The van der Waals surface area contributed by atoms with Crippen LogP contribution < -0.4 is 0 Å². The van der Waals surface area contributed by atoms with Crippen molar-refractivity contribution in [2.24, 2.45) is 0 Å².